The summed E-state index contributed by atoms with van der Waals surface area (Å²) in [5.74, 6) is -0.00176. The van der Waals surface area contributed by atoms with E-state index in [-0.39, 0.29) is 18.1 Å². The van der Waals surface area contributed by atoms with Crippen LogP contribution in [0.1, 0.15) is 38.8 Å². The van der Waals surface area contributed by atoms with Crippen molar-refractivity contribution in [3.8, 4) is 0 Å². The SMILES string of the molecule is CC(C)OCCC(=O)NC(C)c1ccc(Cl)cc1. The molecule has 4 heteroatoms. The summed E-state index contributed by atoms with van der Waals surface area (Å²) < 4.78 is 5.34. The fourth-order valence-corrected chi connectivity index (χ4v) is 1.66. The number of carbonyl (C=O) groups is 1. The average molecular weight is 270 g/mol. The van der Waals surface area contributed by atoms with E-state index >= 15 is 0 Å². The first-order chi connectivity index (χ1) is 8.49. The van der Waals surface area contributed by atoms with Gasteiger partial charge in [0, 0.05) is 11.4 Å². The smallest absolute Gasteiger partial charge is 0.222 e. The molecule has 0 aliphatic heterocycles. The van der Waals surface area contributed by atoms with Crippen molar-refractivity contribution in [3.05, 3.63) is 34.9 Å². The van der Waals surface area contributed by atoms with Gasteiger partial charge in [-0.15, -0.1) is 0 Å². The van der Waals surface area contributed by atoms with Gasteiger partial charge in [-0.05, 0) is 38.5 Å². The highest BCUT2D eigenvalue weighted by molar-refractivity contribution is 6.30. The van der Waals surface area contributed by atoms with Gasteiger partial charge in [-0.3, -0.25) is 4.79 Å². The Morgan fingerprint density at radius 3 is 2.44 bits per heavy atom. The lowest BCUT2D eigenvalue weighted by molar-refractivity contribution is -0.123. The van der Waals surface area contributed by atoms with Crippen LogP contribution in [0.2, 0.25) is 5.02 Å². The quantitative estimate of drug-likeness (QED) is 0.860. The first kappa shape index (κ1) is 15.0. The molecule has 1 aromatic rings. The van der Waals surface area contributed by atoms with E-state index in [0.717, 1.165) is 5.56 Å². The zero-order chi connectivity index (χ0) is 13.5. The molecule has 0 aliphatic rings. The van der Waals surface area contributed by atoms with Gasteiger partial charge in [0.1, 0.15) is 0 Å². The molecule has 0 aliphatic carbocycles. The number of amides is 1. The van der Waals surface area contributed by atoms with Crippen molar-refractivity contribution in [3.63, 3.8) is 0 Å². The number of benzene rings is 1. The van der Waals surface area contributed by atoms with E-state index in [2.05, 4.69) is 5.32 Å². The second-order valence-corrected chi connectivity index (χ2v) is 4.95. The van der Waals surface area contributed by atoms with E-state index in [0.29, 0.717) is 18.1 Å². The molecule has 0 radical (unpaired) electrons. The van der Waals surface area contributed by atoms with Crippen molar-refractivity contribution >= 4 is 17.5 Å². The van der Waals surface area contributed by atoms with Gasteiger partial charge in [0.2, 0.25) is 5.91 Å². The topological polar surface area (TPSA) is 38.3 Å². The van der Waals surface area contributed by atoms with Crippen molar-refractivity contribution in [2.75, 3.05) is 6.61 Å². The molecule has 100 valence electrons. The predicted molar refractivity (Wildman–Crippen MR) is 73.7 cm³/mol. The fraction of sp³-hybridized carbons (Fsp3) is 0.500. The maximum atomic E-state index is 11.7. The third kappa shape index (κ3) is 5.52. The monoisotopic (exact) mass is 269 g/mol. The minimum atomic E-state index is -0.0196. The van der Waals surface area contributed by atoms with Crippen LogP contribution in [0.25, 0.3) is 0 Å². The molecule has 1 amide bonds. The van der Waals surface area contributed by atoms with Crippen molar-refractivity contribution in [2.24, 2.45) is 0 Å². The van der Waals surface area contributed by atoms with Crippen LogP contribution in [0.15, 0.2) is 24.3 Å². The highest BCUT2D eigenvalue weighted by Gasteiger charge is 2.09. The van der Waals surface area contributed by atoms with Gasteiger partial charge in [0.05, 0.1) is 18.8 Å². The molecule has 0 aromatic heterocycles. The van der Waals surface area contributed by atoms with Gasteiger partial charge in [-0.2, -0.15) is 0 Å². The lowest BCUT2D eigenvalue weighted by Crippen LogP contribution is -2.27. The van der Waals surface area contributed by atoms with Crippen LogP contribution in [-0.2, 0) is 9.53 Å². The standard InChI is InChI=1S/C14H20ClNO2/c1-10(2)18-9-8-14(17)16-11(3)12-4-6-13(15)7-5-12/h4-7,10-11H,8-9H2,1-3H3,(H,16,17). The Morgan fingerprint density at radius 1 is 1.28 bits per heavy atom. The lowest BCUT2D eigenvalue weighted by Gasteiger charge is -2.15. The highest BCUT2D eigenvalue weighted by Crippen LogP contribution is 2.15. The zero-order valence-electron chi connectivity index (χ0n) is 11.1. The minimum Gasteiger partial charge on any atom is -0.378 e. The van der Waals surface area contributed by atoms with Gasteiger partial charge >= 0.3 is 0 Å². The summed E-state index contributed by atoms with van der Waals surface area (Å²) >= 11 is 5.82. The van der Waals surface area contributed by atoms with Crippen LogP contribution in [0.4, 0.5) is 0 Å². The van der Waals surface area contributed by atoms with Crippen LogP contribution in [-0.4, -0.2) is 18.6 Å². The van der Waals surface area contributed by atoms with E-state index in [1.165, 1.54) is 0 Å². The van der Waals surface area contributed by atoms with Crippen LogP contribution in [0.3, 0.4) is 0 Å². The largest absolute Gasteiger partial charge is 0.378 e. The summed E-state index contributed by atoms with van der Waals surface area (Å²) in [6.45, 7) is 6.31. The molecule has 3 nitrogen and oxygen atoms in total. The van der Waals surface area contributed by atoms with Gasteiger partial charge in [0.25, 0.3) is 0 Å². The highest BCUT2D eigenvalue weighted by atomic mass is 35.5. The Bertz CT molecular complexity index is 376. The molecule has 1 unspecified atom stereocenters. The van der Waals surface area contributed by atoms with Gasteiger partial charge in [0.15, 0.2) is 0 Å². The van der Waals surface area contributed by atoms with Gasteiger partial charge in [-0.1, -0.05) is 23.7 Å². The molecule has 0 saturated heterocycles. The molecule has 1 N–H and O–H groups in total. The summed E-state index contributed by atoms with van der Waals surface area (Å²) in [7, 11) is 0. The second kappa shape index (κ2) is 7.39. The Morgan fingerprint density at radius 2 is 1.89 bits per heavy atom. The van der Waals surface area contributed by atoms with E-state index in [1.807, 2.05) is 45.0 Å². The molecule has 0 saturated carbocycles. The Balaban J connectivity index is 2.37. The van der Waals surface area contributed by atoms with E-state index in [9.17, 15) is 4.79 Å². The maximum Gasteiger partial charge on any atom is 0.222 e. The zero-order valence-corrected chi connectivity index (χ0v) is 11.8. The minimum absolute atomic E-state index is 0.00176. The Kier molecular flexibility index (Phi) is 6.16. The van der Waals surface area contributed by atoms with Crippen LogP contribution < -0.4 is 5.32 Å². The molecule has 0 spiro atoms. The molecular formula is C14H20ClNO2. The Hall–Kier alpha value is -1.06. The first-order valence-corrected chi connectivity index (χ1v) is 6.53. The molecule has 1 aromatic carbocycles. The van der Waals surface area contributed by atoms with Crippen LogP contribution in [0, 0.1) is 0 Å². The molecule has 1 rings (SSSR count). The third-order valence-electron chi connectivity index (χ3n) is 2.53. The predicted octanol–water partition coefficient (Wildman–Crippen LogP) is 3.33. The van der Waals surface area contributed by atoms with Crippen molar-refractivity contribution in [2.45, 2.75) is 39.3 Å². The van der Waals surface area contributed by atoms with Crippen LogP contribution in [0.5, 0.6) is 0 Å². The van der Waals surface area contributed by atoms with E-state index in [1.54, 1.807) is 0 Å². The molecule has 18 heavy (non-hydrogen) atoms. The van der Waals surface area contributed by atoms with Crippen LogP contribution >= 0.6 is 11.6 Å². The van der Waals surface area contributed by atoms with E-state index in [4.69, 9.17) is 16.3 Å². The number of halogens is 1. The van der Waals surface area contributed by atoms with Gasteiger partial charge < -0.3 is 10.1 Å². The summed E-state index contributed by atoms with van der Waals surface area (Å²) in [4.78, 5) is 11.7. The molecule has 0 heterocycles. The summed E-state index contributed by atoms with van der Waals surface area (Å²) in [6, 6.07) is 7.45. The summed E-state index contributed by atoms with van der Waals surface area (Å²) in [5, 5.41) is 3.62. The maximum absolute atomic E-state index is 11.7. The third-order valence-corrected chi connectivity index (χ3v) is 2.78. The number of ether oxygens (including phenoxy) is 1. The van der Waals surface area contributed by atoms with Crippen molar-refractivity contribution in [1.82, 2.24) is 5.32 Å². The normalized spacial score (nSPS) is 12.5. The van der Waals surface area contributed by atoms with Crippen molar-refractivity contribution in [1.29, 1.82) is 0 Å². The molecule has 0 bridgehead atoms. The summed E-state index contributed by atoms with van der Waals surface area (Å²) in [6.07, 6.45) is 0.544. The lowest BCUT2D eigenvalue weighted by atomic mass is 10.1. The second-order valence-electron chi connectivity index (χ2n) is 4.51. The van der Waals surface area contributed by atoms with Gasteiger partial charge in [-0.25, -0.2) is 0 Å². The van der Waals surface area contributed by atoms with E-state index < -0.39 is 0 Å². The number of rotatable bonds is 6. The van der Waals surface area contributed by atoms with Crippen molar-refractivity contribution < 1.29 is 9.53 Å². The molecule has 0 fully saturated rings. The molecule has 1 atom stereocenters. The number of nitrogens with one attached hydrogen (secondary N) is 1. The first-order valence-electron chi connectivity index (χ1n) is 6.15. The fourth-order valence-electron chi connectivity index (χ4n) is 1.54. The Labute approximate surface area is 113 Å². The molecular weight excluding hydrogens is 250 g/mol. The number of hydrogen-bond acceptors (Lipinski definition) is 2. The number of hydrogen-bond donors (Lipinski definition) is 1. The summed E-state index contributed by atoms with van der Waals surface area (Å²) in [5.41, 5.74) is 1.04. The average Bonchev–Trinajstić information content (AvgIpc) is 2.29. The number of carbonyl (C=O) groups excluding carboxylic acids is 1.